The van der Waals surface area contributed by atoms with Crippen molar-refractivity contribution in [3.8, 4) is 0 Å². The van der Waals surface area contributed by atoms with E-state index in [1.54, 1.807) is 22.5 Å². The van der Waals surface area contributed by atoms with Gasteiger partial charge in [0.15, 0.2) is 0 Å². The quantitative estimate of drug-likeness (QED) is 0.338. The molecule has 150 valence electrons. The molecule has 4 aromatic rings. The molecule has 0 saturated carbocycles. The molecule has 0 unspecified atom stereocenters. The molecule has 2 aromatic heterocycles. The molecule has 0 N–H and O–H groups in total. The first-order valence-electron chi connectivity index (χ1n) is 10.0. The number of thioether (sulfide) groups is 1. The Bertz CT molecular complexity index is 1160. The lowest BCUT2D eigenvalue weighted by Gasteiger charge is -2.04. The second kappa shape index (κ2) is 9.55. The van der Waals surface area contributed by atoms with Crippen LogP contribution in [-0.2, 0) is 0 Å². The number of hydrogen-bond donors (Lipinski definition) is 0. The topological polar surface area (TPSA) is 43.1 Å². The monoisotopic (exact) mass is 412 g/mol. The van der Waals surface area contributed by atoms with Crippen LogP contribution in [0.4, 0.5) is 0 Å². The van der Waals surface area contributed by atoms with E-state index in [0.717, 1.165) is 22.2 Å². The SMILES string of the molecule is CC(C)c1ccc(/C=C/c2ccnc3nc(SC/C=C/c4ccccc4)nn23)cc1. The zero-order valence-corrected chi connectivity index (χ0v) is 18.0. The van der Waals surface area contributed by atoms with Gasteiger partial charge in [-0.05, 0) is 34.8 Å². The first kappa shape index (κ1) is 20.1. The molecular formula is C25H24N4S. The summed E-state index contributed by atoms with van der Waals surface area (Å²) in [5, 5.41) is 5.35. The molecule has 2 heterocycles. The largest absolute Gasteiger partial charge is 0.253 e. The van der Waals surface area contributed by atoms with Crippen LogP contribution in [0.3, 0.4) is 0 Å². The van der Waals surface area contributed by atoms with Crippen LogP contribution in [0.2, 0.25) is 0 Å². The number of fused-ring (bicyclic) bond motifs is 1. The van der Waals surface area contributed by atoms with Crippen molar-refractivity contribution in [2.45, 2.75) is 24.9 Å². The van der Waals surface area contributed by atoms with Gasteiger partial charge in [-0.1, -0.05) is 98.4 Å². The van der Waals surface area contributed by atoms with Crippen LogP contribution in [-0.4, -0.2) is 25.3 Å². The lowest BCUT2D eigenvalue weighted by molar-refractivity contribution is 0.866. The van der Waals surface area contributed by atoms with Crippen molar-refractivity contribution in [3.05, 3.63) is 95.3 Å². The van der Waals surface area contributed by atoms with Gasteiger partial charge in [0, 0.05) is 11.9 Å². The van der Waals surface area contributed by atoms with Gasteiger partial charge in [-0.25, -0.2) is 4.98 Å². The second-order valence-electron chi connectivity index (χ2n) is 7.25. The Labute approximate surface area is 181 Å². The number of hydrogen-bond acceptors (Lipinski definition) is 4. The van der Waals surface area contributed by atoms with Crippen LogP contribution in [0, 0.1) is 0 Å². The number of nitrogens with zero attached hydrogens (tertiary/aromatic N) is 4. The van der Waals surface area contributed by atoms with Gasteiger partial charge in [0.2, 0.25) is 5.16 Å². The third-order valence-corrected chi connectivity index (χ3v) is 5.51. The summed E-state index contributed by atoms with van der Waals surface area (Å²) < 4.78 is 1.79. The van der Waals surface area contributed by atoms with Gasteiger partial charge in [0.25, 0.3) is 5.78 Å². The third kappa shape index (κ3) is 5.05. The van der Waals surface area contributed by atoms with E-state index in [4.69, 9.17) is 0 Å². The Kier molecular flexibility index (Phi) is 6.40. The highest BCUT2D eigenvalue weighted by Crippen LogP contribution is 2.18. The molecule has 0 aliphatic rings. The van der Waals surface area contributed by atoms with Gasteiger partial charge in [0.1, 0.15) is 0 Å². The average Bonchev–Trinajstić information content (AvgIpc) is 3.20. The van der Waals surface area contributed by atoms with E-state index in [0.29, 0.717) is 11.7 Å². The second-order valence-corrected chi connectivity index (χ2v) is 8.24. The molecule has 30 heavy (non-hydrogen) atoms. The average molecular weight is 413 g/mol. The molecular weight excluding hydrogens is 388 g/mol. The number of benzene rings is 2. The number of rotatable bonds is 7. The van der Waals surface area contributed by atoms with Gasteiger partial charge >= 0.3 is 0 Å². The van der Waals surface area contributed by atoms with Crippen molar-refractivity contribution in [1.29, 1.82) is 0 Å². The number of aromatic nitrogens is 4. The summed E-state index contributed by atoms with van der Waals surface area (Å²) in [5.74, 6) is 1.96. The molecule has 0 spiro atoms. The van der Waals surface area contributed by atoms with Crippen LogP contribution < -0.4 is 0 Å². The van der Waals surface area contributed by atoms with Gasteiger partial charge in [0.05, 0.1) is 5.69 Å². The predicted octanol–water partition coefficient (Wildman–Crippen LogP) is 6.22. The summed E-state index contributed by atoms with van der Waals surface area (Å²) in [7, 11) is 0. The van der Waals surface area contributed by atoms with E-state index in [1.807, 2.05) is 24.3 Å². The van der Waals surface area contributed by atoms with Crippen LogP contribution in [0.25, 0.3) is 24.0 Å². The van der Waals surface area contributed by atoms with Crippen LogP contribution >= 0.6 is 11.8 Å². The van der Waals surface area contributed by atoms with Gasteiger partial charge in [-0.3, -0.25) is 0 Å². The standard InChI is InChI=1S/C25H24N4S/c1-19(2)22-13-10-21(11-14-22)12-15-23-16-17-26-24-27-25(28-29(23)24)30-18-6-9-20-7-4-3-5-8-20/h3-17,19H,18H2,1-2H3/b9-6+,15-12+. The third-order valence-electron chi connectivity index (χ3n) is 4.72. The van der Waals surface area contributed by atoms with Gasteiger partial charge < -0.3 is 0 Å². The minimum atomic E-state index is 0.538. The zero-order chi connectivity index (χ0) is 20.8. The summed E-state index contributed by atoms with van der Waals surface area (Å²) >= 11 is 1.60. The maximum Gasteiger partial charge on any atom is 0.253 e. The highest BCUT2D eigenvalue weighted by Gasteiger charge is 2.07. The molecule has 4 rings (SSSR count). The highest BCUT2D eigenvalue weighted by molar-refractivity contribution is 7.99. The van der Waals surface area contributed by atoms with Crippen molar-refractivity contribution >= 4 is 35.8 Å². The molecule has 0 atom stereocenters. The lowest BCUT2D eigenvalue weighted by atomic mass is 10.0. The fourth-order valence-corrected chi connectivity index (χ4v) is 3.65. The summed E-state index contributed by atoms with van der Waals surface area (Å²) in [6.07, 6.45) is 10.2. The van der Waals surface area contributed by atoms with E-state index < -0.39 is 0 Å². The molecule has 0 amide bonds. The van der Waals surface area contributed by atoms with Crippen LogP contribution in [0.15, 0.2) is 78.1 Å². The van der Waals surface area contributed by atoms with Gasteiger partial charge in [-0.15, -0.1) is 5.10 Å². The predicted molar refractivity (Wildman–Crippen MR) is 126 cm³/mol. The summed E-state index contributed by atoms with van der Waals surface area (Å²) in [5.41, 5.74) is 4.64. The molecule has 0 aliphatic heterocycles. The van der Waals surface area contributed by atoms with Crippen molar-refractivity contribution in [2.75, 3.05) is 5.75 Å². The van der Waals surface area contributed by atoms with Crippen LogP contribution in [0.5, 0.6) is 0 Å². The maximum atomic E-state index is 4.63. The fourth-order valence-electron chi connectivity index (χ4n) is 3.03. The molecule has 4 nitrogen and oxygen atoms in total. The zero-order valence-electron chi connectivity index (χ0n) is 17.1. The fraction of sp³-hybridized carbons (Fsp3) is 0.160. The van der Waals surface area contributed by atoms with Crippen molar-refractivity contribution in [2.24, 2.45) is 0 Å². The van der Waals surface area contributed by atoms with E-state index in [1.165, 1.54) is 11.1 Å². The summed E-state index contributed by atoms with van der Waals surface area (Å²) in [6.45, 7) is 4.41. The smallest absolute Gasteiger partial charge is 0.220 e. The Morgan fingerprint density at radius 3 is 2.43 bits per heavy atom. The normalized spacial score (nSPS) is 12.0. The van der Waals surface area contributed by atoms with Crippen molar-refractivity contribution in [1.82, 2.24) is 19.6 Å². The minimum Gasteiger partial charge on any atom is -0.220 e. The summed E-state index contributed by atoms with van der Waals surface area (Å²) in [4.78, 5) is 8.89. The van der Waals surface area contributed by atoms with E-state index in [-0.39, 0.29) is 0 Å². The first-order chi connectivity index (χ1) is 14.7. The Hall–Kier alpha value is -3.18. The molecule has 0 saturated heterocycles. The molecule has 2 aromatic carbocycles. The lowest BCUT2D eigenvalue weighted by Crippen LogP contribution is -1.95. The van der Waals surface area contributed by atoms with Crippen LogP contribution in [0.1, 0.15) is 42.1 Å². The maximum absolute atomic E-state index is 4.63. The van der Waals surface area contributed by atoms with E-state index in [2.05, 4.69) is 89.6 Å². The molecule has 0 fully saturated rings. The van der Waals surface area contributed by atoms with Crippen molar-refractivity contribution in [3.63, 3.8) is 0 Å². The molecule has 0 bridgehead atoms. The molecule has 0 aliphatic carbocycles. The van der Waals surface area contributed by atoms with E-state index in [9.17, 15) is 0 Å². The highest BCUT2D eigenvalue weighted by atomic mass is 32.2. The Morgan fingerprint density at radius 1 is 0.900 bits per heavy atom. The molecule has 5 heteroatoms. The Balaban J connectivity index is 1.46. The first-order valence-corrected chi connectivity index (χ1v) is 11.0. The minimum absolute atomic E-state index is 0.538. The molecule has 0 radical (unpaired) electrons. The van der Waals surface area contributed by atoms with Crippen molar-refractivity contribution < 1.29 is 0 Å². The summed E-state index contributed by atoms with van der Waals surface area (Å²) in [6, 6.07) is 20.9. The van der Waals surface area contributed by atoms with Gasteiger partial charge in [-0.2, -0.15) is 9.50 Å². The van der Waals surface area contributed by atoms with E-state index >= 15 is 0 Å². The Morgan fingerprint density at radius 2 is 1.67 bits per heavy atom.